The number of amides is 1. The van der Waals surface area contributed by atoms with Crippen molar-refractivity contribution in [1.82, 2.24) is 29.5 Å². The molecule has 0 bridgehead atoms. The average Bonchev–Trinajstić information content (AvgIpc) is 3.25. The summed E-state index contributed by atoms with van der Waals surface area (Å²) in [5, 5.41) is 3.94. The lowest BCUT2D eigenvalue weighted by Crippen LogP contribution is -2.38. The first-order valence-corrected chi connectivity index (χ1v) is 9.45. The topological polar surface area (TPSA) is 80.3 Å². The molecule has 0 aliphatic carbocycles. The van der Waals surface area contributed by atoms with Gasteiger partial charge in [-0.15, -0.1) is 0 Å². The summed E-state index contributed by atoms with van der Waals surface area (Å²) in [6, 6.07) is 7.44. The van der Waals surface area contributed by atoms with E-state index >= 15 is 0 Å². The lowest BCUT2D eigenvalue weighted by molar-refractivity contribution is 0.0630. The van der Waals surface area contributed by atoms with E-state index in [1.807, 2.05) is 24.2 Å². The zero-order chi connectivity index (χ0) is 19.5. The minimum Gasteiger partial charge on any atom is -0.353 e. The maximum absolute atomic E-state index is 13.2. The number of aromatic nitrogens is 4. The first kappa shape index (κ1) is 18.4. The zero-order valence-electron chi connectivity index (χ0n) is 16.2. The summed E-state index contributed by atoms with van der Waals surface area (Å²) >= 11 is 0. The minimum absolute atomic E-state index is 0.0605. The molecule has 1 atom stereocenters. The van der Waals surface area contributed by atoms with E-state index in [0.717, 1.165) is 19.5 Å². The summed E-state index contributed by atoms with van der Waals surface area (Å²) in [5.41, 5.74) is 1.80. The normalized spacial score (nSPS) is 18.2. The van der Waals surface area contributed by atoms with E-state index in [0.29, 0.717) is 30.4 Å². The molecule has 0 aromatic carbocycles. The minimum atomic E-state index is -0.295. The van der Waals surface area contributed by atoms with Gasteiger partial charge in [-0.25, -0.2) is 0 Å². The molecule has 1 aliphatic heterocycles. The average molecular weight is 380 g/mol. The molecule has 8 nitrogen and oxygen atoms in total. The van der Waals surface area contributed by atoms with Crippen molar-refractivity contribution in [2.75, 3.05) is 19.6 Å². The summed E-state index contributed by atoms with van der Waals surface area (Å²) in [7, 11) is 2.05. The van der Waals surface area contributed by atoms with Gasteiger partial charge in [0.15, 0.2) is 5.82 Å². The Labute approximate surface area is 163 Å². The van der Waals surface area contributed by atoms with Crippen LogP contribution in [0.15, 0.2) is 47.4 Å². The molecule has 28 heavy (non-hydrogen) atoms. The lowest BCUT2D eigenvalue weighted by atomic mass is 10.1. The molecule has 1 aliphatic rings. The predicted molar refractivity (Wildman–Crippen MR) is 102 cm³/mol. The van der Waals surface area contributed by atoms with Crippen molar-refractivity contribution in [3.05, 3.63) is 65.8 Å². The number of hydrogen-bond acceptors (Lipinski definition) is 6. The molecule has 1 amide bonds. The molecule has 3 aromatic heterocycles. The number of carbonyl (C=O) groups excluding carboxylic acids is 1. The smallest absolute Gasteiger partial charge is 0.256 e. The monoisotopic (exact) mass is 380 g/mol. The lowest BCUT2D eigenvalue weighted by Gasteiger charge is -2.29. The standard InChI is InChI=1S/C20H24N6O2/c1-15-22-19(28-23-15)18-14-25(13-17-7-4-9-24(17)2)10-5-11-26(18)20(27)16-6-3-8-21-12-16/h3-4,6-9,12,18H,5,10-11,13-14H2,1-2H3. The summed E-state index contributed by atoms with van der Waals surface area (Å²) in [5.74, 6) is 0.991. The van der Waals surface area contributed by atoms with E-state index in [2.05, 4.69) is 30.7 Å². The highest BCUT2D eigenvalue weighted by Crippen LogP contribution is 2.26. The highest BCUT2D eigenvalue weighted by atomic mass is 16.5. The van der Waals surface area contributed by atoms with Gasteiger partial charge >= 0.3 is 0 Å². The second-order valence-electron chi connectivity index (χ2n) is 7.13. The molecular formula is C20H24N6O2. The van der Waals surface area contributed by atoms with E-state index in [-0.39, 0.29) is 11.9 Å². The number of pyridine rings is 1. The summed E-state index contributed by atoms with van der Waals surface area (Å²) < 4.78 is 7.60. The number of nitrogens with zero attached hydrogens (tertiary/aromatic N) is 6. The second kappa shape index (κ2) is 7.93. The Morgan fingerprint density at radius 2 is 2.18 bits per heavy atom. The molecule has 146 valence electrons. The molecule has 1 fully saturated rings. The van der Waals surface area contributed by atoms with Crippen LogP contribution < -0.4 is 0 Å². The largest absolute Gasteiger partial charge is 0.353 e. The molecule has 4 rings (SSSR count). The van der Waals surface area contributed by atoms with Crippen LogP contribution in [0.2, 0.25) is 0 Å². The van der Waals surface area contributed by atoms with Crippen LogP contribution in [0, 0.1) is 6.92 Å². The van der Waals surface area contributed by atoms with Gasteiger partial charge in [-0.3, -0.25) is 14.7 Å². The first-order chi connectivity index (χ1) is 13.6. The van der Waals surface area contributed by atoms with E-state index in [4.69, 9.17) is 4.52 Å². The Morgan fingerprint density at radius 3 is 2.86 bits per heavy atom. The quantitative estimate of drug-likeness (QED) is 0.690. The maximum Gasteiger partial charge on any atom is 0.256 e. The van der Waals surface area contributed by atoms with Crippen LogP contribution >= 0.6 is 0 Å². The van der Waals surface area contributed by atoms with Gasteiger partial charge < -0.3 is 14.0 Å². The molecule has 4 heterocycles. The maximum atomic E-state index is 13.2. The third-order valence-corrected chi connectivity index (χ3v) is 5.12. The van der Waals surface area contributed by atoms with Crippen molar-refractivity contribution in [3.8, 4) is 0 Å². The highest BCUT2D eigenvalue weighted by molar-refractivity contribution is 5.94. The van der Waals surface area contributed by atoms with Gasteiger partial charge in [0.1, 0.15) is 6.04 Å². The Morgan fingerprint density at radius 1 is 1.29 bits per heavy atom. The summed E-state index contributed by atoms with van der Waals surface area (Å²) in [6.07, 6.45) is 6.19. The van der Waals surface area contributed by atoms with Crippen LogP contribution in [0.3, 0.4) is 0 Å². The van der Waals surface area contributed by atoms with Crippen LogP contribution in [0.25, 0.3) is 0 Å². The molecular weight excluding hydrogens is 356 g/mol. The number of carbonyl (C=O) groups is 1. The van der Waals surface area contributed by atoms with E-state index in [1.54, 1.807) is 31.5 Å². The van der Waals surface area contributed by atoms with E-state index in [1.165, 1.54) is 5.69 Å². The van der Waals surface area contributed by atoms with Gasteiger partial charge in [-0.05, 0) is 37.6 Å². The molecule has 3 aromatic rings. The fraction of sp³-hybridized carbons (Fsp3) is 0.400. The van der Waals surface area contributed by atoms with Gasteiger partial charge in [-0.1, -0.05) is 5.16 Å². The molecule has 0 spiro atoms. The summed E-state index contributed by atoms with van der Waals surface area (Å²) in [6.45, 7) is 4.76. The van der Waals surface area contributed by atoms with Gasteiger partial charge in [0, 0.05) is 57.5 Å². The van der Waals surface area contributed by atoms with Crippen LogP contribution in [-0.2, 0) is 13.6 Å². The summed E-state index contributed by atoms with van der Waals surface area (Å²) in [4.78, 5) is 25.9. The van der Waals surface area contributed by atoms with E-state index < -0.39 is 0 Å². The van der Waals surface area contributed by atoms with Gasteiger partial charge in [0.05, 0.1) is 5.56 Å². The van der Waals surface area contributed by atoms with Crippen molar-refractivity contribution in [2.45, 2.75) is 25.9 Å². The number of aryl methyl sites for hydroxylation is 2. The van der Waals surface area contributed by atoms with Crippen molar-refractivity contribution in [1.29, 1.82) is 0 Å². The molecule has 1 saturated heterocycles. The second-order valence-corrected chi connectivity index (χ2v) is 7.13. The van der Waals surface area contributed by atoms with Crippen LogP contribution in [0.5, 0.6) is 0 Å². The number of hydrogen-bond donors (Lipinski definition) is 0. The Hall–Kier alpha value is -3.00. The molecule has 8 heteroatoms. The SMILES string of the molecule is Cc1noc(C2CN(Cc3cccn3C)CCCN2C(=O)c2cccnc2)n1. The fourth-order valence-electron chi connectivity index (χ4n) is 3.65. The van der Waals surface area contributed by atoms with Crippen molar-refractivity contribution in [2.24, 2.45) is 7.05 Å². The molecule has 0 saturated carbocycles. The fourth-order valence-corrected chi connectivity index (χ4v) is 3.65. The van der Waals surface area contributed by atoms with Gasteiger partial charge in [-0.2, -0.15) is 4.98 Å². The van der Waals surface area contributed by atoms with E-state index in [9.17, 15) is 4.79 Å². The van der Waals surface area contributed by atoms with Crippen LogP contribution in [0.1, 0.15) is 40.2 Å². The predicted octanol–water partition coefficient (Wildman–Crippen LogP) is 2.20. The third-order valence-electron chi connectivity index (χ3n) is 5.12. The van der Waals surface area contributed by atoms with Crippen molar-refractivity contribution >= 4 is 5.91 Å². The van der Waals surface area contributed by atoms with Gasteiger partial charge in [0.25, 0.3) is 11.8 Å². The molecule has 1 unspecified atom stereocenters. The highest BCUT2D eigenvalue weighted by Gasteiger charge is 2.34. The zero-order valence-corrected chi connectivity index (χ0v) is 16.2. The Balaban J connectivity index is 1.62. The Kier molecular flexibility index (Phi) is 5.21. The van der Waals surface area contributed by atoms with Crippen LogP contribution in [0.4, 0.5) is 0 Å². The van der Waals surface area contributed by atoms with Crippen molar-refractivity contribution in [3.63, 3.8) is 0 Å². The molecule has 0 radical (unpaired) electrons. The Bertz CT molecular complexity index is 935. The third kappa shape index (κ3) is 3.82. The van der Waals surface area contributed by atoms with Gasteiger partial charge in [0.2, 0.25) is 0 Å². The first-order valence-electron chi connectivity index (χ1n) is 9.45. The number of rotatable bonds is 4. The molecule has 0 N–H and O–H groups in total. The van der Waals surface area contributed by atoms with Crippen molar-refractivity contribution < 1.29 is 9.32 Å². The van der Waals surface area contributed by atoms with Crippen LogP contribution in [-0.4, -0.2) is 55.0 Å².